The maximum absolute atomic E-state index is 11.4. The van der Waals surface area contributed by atoms with E-state index in [-0.39, 0.29) is 17.9 Å². The van der Waals surface area contributed by atoms with Gasteiger partial charge in [0.2, 0.25) is 11.8 Å². The summed E-state index contributed by atoms with van der Waals surface area (Å²) < 4.78 is 4.83. The second kappa shape index (κ2) is 14.7. The van der Waals surface area contributed by atoms with Crippen LogP contribution >= 0.6 is 12.1 Å². The zero-order valence-electron chi connectivity index (χ0n) is 22.7. The van der Waals surface area contributed by atoms with Gasteiger partial charge in [0.15, 0.2) is 12.6 Å². The van der Waals surface area contributed by atoms with Crippen LogP contribution in [0.2, 0.25) is 0 Å². The van der Waals surface area contributed by atoms with E-state index in [9.17, 15) is 19.2 Å². The largest absolute Gasteiger partial charge is 0.382 e. The van der Waals surface area contributed by atoms with Gasteiger partial charge in [-0.15, -0.1) is 0 Å². The number of anilines is 1. The Kier molecular flexibility index (Phi) is 11.7. The monoisotopic (exact) mass is 546 g/mol. The van der Waals surface area contributed by atoms with Crippen molar-refractivity contribution < 1.29 is 19.2 Å². The lowest BCUT2D eigenvalue weighted by atomic mass is 9.91. The molecule has 11 heteroatoms. The number of amides is 2. The van der Waals surface area contributed by atoms with E-state index < -0.39 is 0 Å². The normalized spacial score (nSPS) is 24.9. The van der Waals surface area contributed by atoms with E-state index in [0.717, 1.165) is 69.9 Å². The molecule has 3 aliphatic rings. The number of nitrogens with zero attached hydrogens (tertiary/aromatic N) is 3. The zero-order chi connectivity index (χ0) is 27.7. The number of hydrogen-bond donors (Lipinski definition) is 3. The Morgan fingerprint density at radius 1 is 1.00 bits per heavy atom. The molecule has 10 nitrogen and oxygen atoms in total. The van der Waals surface area contributed by atoms with Crippen LogP contribution in [-0.4, -0.2) is 96.3 Å². The molecule has 1 atom stereocenters. The highest BCUT2D eigenvalue weighted by molar-refractivity contribution is 7.94. The van der Waals surface area contributed by atoms with E-state index >= 15 is 0 Å². The average molecular weight is 547 g/mol. The van der Waals surface area contributed by atoms with Crippen molar-refractivity contribution in [1.82, 2.24) is 18.8 Å². The van der Waals surface area contributed by atoms with Gasteiger partial charge in [0, 0.05) is 66.6 Å². The third-order valence-electron chi connectivity index (χ3n) is 7.53. The molecule has 1 unspecified atom stereocenters. The van der Waals surface area contributed by atoms with Gasteiger partial charge < -0.3 is 11.1 Å². The number of benzene rings is 1. The number of carbonyl (C=O) groups excluding carboxylic acids is 4. The minimum Gasteiger partial charge on any atom is -0.382 e. The van der Waals surface area contributed by atoms with Crippen LogP contribution in [0.25, 0.3) is 0 Å². The molecular weight excluding hydrogens is 504 g/mol. The second-order valence-corrected chi connectivity index (χ2v) is 11.8. The molecule has 2 aliphatic heterocycles. The molecule has 2 saturated heterocycles. The number of piperidine rings is 2. The van der Waals surface area contributed by atoms with Gasteiger partial charge >= 0.3 is 0 Å². The van der Waals surface area contributed by atoms with Gasteiger partial charge in [-0.05, 0) is 72.2 Å². The molecule has 210 valence electrons. The summed E-state index contributed by atoms with van der Waals surface area (Å²) in [5.74, 6) is -0.334. The van der Waals surface area contributed by atoms with Crippen LogP contribution in [0.3, 0.4) is 0 Å². The number of aldehydes is 2. The number of carbonyl (C=O) groups is 4. The summed E-state index contributed by atoms with van der Waals surface area (Å²) in [6.45, 7) is 2.13. The lowest BCUT2D eigenvalue weighted by molar-refractivity contribution is -0.136. The molecule has 0 aromatic heterocycles. The fourth-order valence-corrected chi connectivity index (χ4v) is 6.21. The van der Waals surface area contributed by atoms with E-state index in [4.69, 9.17) is 5.73 Å². The zero-order valence-corrected chi connectivity index (χ0v) is 23.5. The van der Waals surface area contributed by atoms with Crippen molar-refractivity contribution in [3.63, 3.8) is 0 Å². The SMILES string of the molecule is CN(C)C1CCC(=O)NC1=O.CN(SN1CCC(N)CC1)C1CCC(Nc2cccc(C=O)c2C=O)CC1. The first-order valence-electron chi connectivity index (χ1n) is 13.4. The summed E-state index contributed by atoms with van der Waals surface area (Å²) in [4.78, 5) is 46.1. The Labute approximate surface area is 230 Å². The number of hydrogen-bond acceptors (Lipinski definition) is 10. The predicted molar refractivity (Wildman–Crippen MR) is 151 cm³/mol. The Bertz CT molecular complexity index is 961. The summed E-state index contributed by atoms with van der Waals surface area (Å²) >= 11 is 1.85. The first-order valence-corrected chi connectivity index (χ1v) is 14.2. The lowest BCUT2D eigenvalue weighted by Gasteiger charge is -2.38. The Morgan fingerprint density at radius 2 is 1.68 bits per heavy atom. The van der Waals surface area contributed by atoms with Crippen molar-refractivity contribution in [3.8, 4) is 0 Å². The van der Waals surface area contributed by atoms with Crippen molar-refractivity contribution in [2.24, 2.45) is 5.73 Å². The topological polar surface area (TPSA) is 128 Å². The number of imide groups is 1. The van der Waals surface area contributed by atoms with Crippen LogP contribution in [0, 0.1) is 0 Å². The van der Waals surface area contributed by atoms with E-state index in [0.29, 0.717) is 42.1 Å². The molecule has 1 aromatic carbocycles. The standard InChI is InChI=1S/C20H30N4O2S.C7H12N2O2/c1-23(27-24-11-9-16(21)10-12-24)18-7-5-17(6-8-18)22-20-4-2-3-15(13-25)19(20)14-26;1-9(2)5-3-4-6(10)8-7(5)11/h2-4,13-14,16-18,22H,5-12,21H2,1H3;5H,3-4H2,1-2H3,(H,8,10,11). The Hall–Kier alpha value is -2.31. The number of nitrogens with one attached hydrogen (secondary N) is 2. The van der Waals surface area contributed by atoms with Crippen molar-refractivity contribution >= 4 is 42.2 Å². The molecule has 2 amide bonds. The minimum atomic E-state index is -0.175. The highest BCUT2D eigenvalue weighted by Gasteiger charge is 2.28. The highest BCUT2D eigenvalue weighted by atomic mass is 32.2. The molecule has 3 fully saturated rings. The van der Waals surface area contributed by atoms with Crippen molar-refractivity contribution in [2.75, 3.05) is 39.5 Å². The minimum absolute atomic E-state index is 0.132. The third kappa shape index (κ3) is 8.60. The number of likely N-dealkylation sites (N-methyl/N-ethyl adjacent to an activating group) is 1. The first kappa shape index (κ1) is 30.2. The molecule has 1 aliphatic carbocycles. The summed E-state index contributed by atoms with van der Waals surface area (Å²) in [5.41, 5.74) is 7.67. The van der Waals surface area contributed by atoms with E-state index in [1.165, 1.54) is 0 Å². The third-order valence-corrected chi connectivity index (χ3v) is 8.68. The van der Waals surface area contributed by atoms with Crippen molar-refractivity contribution in [3.05, 3.63) is 29.3 Å². The number of rotatable bonds is 8. The van der Waals surface area contributed by atoms with Crippen molar-refractivity contribution in [1.29, 1.82) is 0 Å². The average Bonchev–Trinajstić information content (AvgIpc) is 2.90. The summed E-state index contributed by atoms with van der Waals surface area (Å²) in [6.07, 6.45) is 9.13. The van der Waals surface area contributed by atoms with E-state index in [2.05, 4.69) is 26.3 Å². The quantitative estimate of drug-likeness (QED) is 0.254. The molecule has 4 N–H and O–H groups in total. The van der Waals surface area contributed by atoms with Gasteiger partial charge in [-0.3, -0.25) is 29.4 Å². The van der Waals surface area contributed by atoms with Crippen LogP contribution in [0.15, 0.2) is 18.2 Å². The van der Waals surface area contributed by atoms with E-state index in [1.807, 2.05) is 43.3 Å². The fourth-order valence-electron chi connectivity index (χ4n) is 5.13. The Morgan fingerprint density at radius 3 is 2.26 bits per heavy atom. The summed E-state index contributed by atoms with van der Waals surface area (Å²) in [6, 6.07) is 6.52. The van der Waals surface area contributed by atoms with Crippen LogP contribution in [0.1, 0.15) is 72.1 Å². The van der Waals surface area contributed by atoms with Crippen LogP contribution in [-0.2, 0) is 9.59 Å². The van der Waals surface area contributed by atoms with Gasteiger partial charge in [-0.1, -0.05) is 12.1 Å². The summed E-state index contributed by atoms with van der Waals surface area (Å²) in [7, 11) is 5.86. The van der Waals surface area contributed by atoms with E-state index in [1.54, 1.807) is 6.07 Å². The first-order chi connectivity index (χ1) is 18.2. The summed E-state index contributed by atoms with van der Waals surface area (Å²) in [5, 5.41) is 5.77. The van der Waals surface area contributed by atoms with Crippen LogP contribution < -0.4 is 16.4 Å². The number of nitrogens with two attached hydrogens (primary N) is 1. The molecule has 38 heavy (non-hydrogen) atoms. The molecule has 1 aromatic rings. The van der Waals surface area contributed by atoms with Gasteiger partial charge in [0.05, 0.1) is 6.04 Å². The fraction of sp³-hybridized carbons (Fsp3) is 0.630. The molecular formula is C27H42N6O4S. The van der Waals surface area contributed by atoms with Crippen LogP contribution in [0.5, 0.6) is 0 Å². The maximum atomic E-state index is 11.4. The molecule has 0 bridgehead atoms. The van der Waals surface area contributed by atoms with Gasteiger partial charge in [0.25, 0.3) is 0 Å². The van der Waals surface area contributed by atoms with Gasteiger partial charge in [-0.2, -0.15) is 0 Å². The maximum Gasteiger partial charge on any atom is 0.243 e. The molecule has 1 saturated carbocycles. The lowest BCUT2D eigenvalue weighted by Crippen LogP contribution is -2.50. The highest BCUT2D eigenvalue weighted by Crippen LogP contribution is 2.31. The van der Waals surface area contributed by atoms with Gasteiger partial charge in [0.1, 0.15) is 0 Å². The molecule has 2 heterocycles. The van der Waals surface area contributed by atoms with Crippen LogP contribution in [0.4, 0.5) is 5.69 Å². The molecule has 4 rings (SSSR count). The molecule has 0 spiro atoms. The Balaban J connectivity index is 0.000000304. The van der Waals surface area contributed by atoms with Gasteiger partial charge in [-0.25, -0.2) is 8.61 Å². The second-order valence-electron chi connectivity index (χ2n) is 10.5. The predicted octanol–water partition coefficient (Wildman–Crippen LogP) is 2.31. The van der Waals surface area contributed by atoms with Crippen molar-refractivity contribution in [2.45, 2.75) is 75.5 Å². The smallest absolute Gasteiger partial charge is 0.243 e. The molecule has 0 radical (unpaired) electrons.